The zero-order valence-corrected chi connectivity index (χ0v) is 19.6. The van der Waals surface area contributed by atoms with Crippen LogP contribution in [0.2, 0.25) is 5.02 Å². The molecule has 1 aliphatic rings. The largest absolute Gasteiger partial charge is 0.465 e. The quantitative estimate of drug-likeness (QED) is 0.481. The summed E-state index contributed by atoms with van der Waals surface area (Å²) in [5, 5.41) is 6.77. The Hall–Kier alpha value is -3.65. The van der Waals surface area contributed by atoms with E-state index in [-0.39, 0.29) is 11.9 Å². The number of ether oxygens (including phenoxy) is 1. The van der Waals surface area contributed by atoms with E-state index in [4.69, 9.17) is 16.3 Å². The number of esters is 1. The van der Waals surface area contributed by atoms with Gasteiger partial charge in [0.2, 0.25) is 0 Å². The van der Waals surface area contributed by atoms with Crippen molar-refractivity contribution in [3.05, 3.63) is 77.2 Å². The minimum atomic E-state index is -0.379. The molecule has 0 bridgehead atoms. The number of methoxy groups -OCH3 is 1. The van der Waals surface area contributed by atoms with E-state index >= 15 is 0 Å². The summed E-state index contributed by atoms with van der Waals surface area (Å²) in [6.07, 6.45) is 6.65. The molecule has 4 rings (SSSR count). The van der Waals surface area contributed by atoms with E-state index in [9.17, 15) is 9.59 Å². The third kappa shape index (κ3) is 5.63. The van der Waals surface area contributed by atoms with Crippen LogP contribution < -0.4 is 15.5 Å². The number of rotatable bonds is 7. The summed E-state index contributed by atoms with van der Waals surface area (Å²) >= 11 is 5.87. The molecule has 2 N–H and O–H groups in total. The van der Waals surface area contributed by atoms with Crippen molar-refractivity contribution >= 4 is 40.7 Å². The van der Waals surface area contributed by atoms with E-state index in [1.54, 1.807) is 30.6 Å². The van der Waals surface area contributed by atoms with E-state index < -0.39 is 0 Å². The zero-order chi connectivity index (χ0) is 23.9. The lowest BCUT2D eigenvalue weighted by atomic mass is 9.95. The second-order valence-corrected chi connectivity index (χ2v) is 8.49. The predicted molar refractivity (Wildman–Crippen MR) is 133 cm³/mol. The summed E-state index contributed by atoms with van der Waals surface area (Å²) in [6.45, 7) is 2.40. The van der Waals surface area contributed by atoms with Gasteiger partial charge < -0.3 is 20.3 Å². The molecule has 1 amide bonds. The molecular formula is C25H26ClN5O3. The van der Waals surface area contributed by atoms with Crippen LogP contribution >= 0.6 is 11.6 Å². The maximum absolute atomic E-state index is 12.8. The molecule has 0 saturated carbocycles. The Balaban J connectivity index is 1.35. The molecule has 34 heavy (non-hydrogen) atoms. The van der Waals surface area contributed by atoms with Gasteiger partial charge in [-0.15, -0.1) is 0 Å². The second kappa shape index (κ2) is 11.0. The summed E-state index contributed by atoms with van der Waals surface area (Å²) in [6, 6.07) is 12.6. The van der Waals surface area contributed by atoms with E-state index in [0.29, 0.717) is 27.9 Å². The molecule has 8 nitrogen and oxygen atoms in total. The fourth-order valence-corrected chi connectivity index (χ4v) is 4.14. The Bertz CT molecular complexity index is 1150. The van der Waals surface area contributed by atoms with Gasteiger partial charge in [-0.25, -0.2) is 9.78 Å². The third-order valence-corrected chi connectivity index (χ3v) is 6.10. The molecule has 0 spiro atoms. The van der Waals surface area contributed by atoms with Crippen molar-refractivity contribution in [2.75, 3.05) is 42.3 Å². The fraction of sp³-hybridized carbons (Fsp3) is 0.280. The second-order valence-electron chi connectivity index (χ2n) is 8.06. The number of carbonyl (C=O) groups is 2. The number of halogens is 1. The van der Waals surface area contributed by atoms with Crippen molar-refractivity contribution in [3.63, 3.8) is 0 Å². The van der Waals surface area contributed by atoms with Crippen molar-refractivity contribution in [2.24, 2.45) is 5.92 Å². The third-order valence-electron chi connectivity index (χ3n) is 5.88. The van der Waals surface area contributed by atoms with Crippen LogP contribution in [0.4, 0.5) is 17.2 Å². The SMILES string of the molecule is COC(=O)c1cnccc1N1CCC(CNc2ccccc2C(=O)Nc2ccc(Cl)cn2)CC1. The Morgan fingerprint density at radius 2 is 1.88 bits per heavy atom. The highest BCUT2D eigenvalue weighted by molar-refractivity contribution is 6.30. The summed E-state index contributed by atoms with van der Waals surface area (Å²) in [5.41, 5.74) is 2.66. The molecule has 0 unspecified atom stereocenters. The minimum Gasteiger partial charge on any atom is -0.465 e. The number of benzene rings is 1. The number of pyridine rings is 2. The molecule has 0 radical (unpaired) electrons. The number of amides is 1. The number of carbonyl (C=O) groups excluding carboxylic acids is 2. The van der Waals surface area contributed by atoms with Crippen LogP contribution in [-0.4, -0.2) is 48.6 Å². The number of hydrogen-bond donors (Lipinski definition) is 2. The van der Waals surface area contributed by atoms with Gasteiger partial charge in [0, 0.05) is 43.9 Å². The first-order valence-electron chi connectivity index (χ1n) is 11.1. The standard InChI is InChI=1S/C25H26ClN5O3/c1-34-25(33)20-16-27-11-8-22(20)31-12-9-17(10-13-31)14-28-21-5-3-2-4-19(21)24(32)30-23-7-6-18(26)15-29-23/h2-8,11,15-17,28H,9-10,12-14H2,1H3,(H,29,30,32). The fourth-order valence-electron chi connectivity index (χ4n) is 4.03. The highest BCUT2D eigenvalue weighted by Gasteiger charge is 2.23. The number of anilines is 3. The van der Waals surface area contributed by atoms with E-state index in [1.165, 1.54) is 13.3 Å². The van der Waals surface area contributed by atoms with E-state index in [0.717, 1.165) is 43.9 Å². The Labute approximate surface area is 203 Å². The molecule has 0 atom stereocenters. The van der Waals surface area contributed by atoms with Gasteiger partial charge in [0.05, 0.1) is 23.4 Å². The first kappa shape index (κ1) is 23.5. The number of nitrogens with one attached hydrogen (secondary N) is 2. The molecule has 1 aromatic carbocycles. The Morgan fingerprint density at radius 1 is 1.09 bits per heavy atom. The lowest BCUT2D eigenvalue weighted by Gasteiger charge is -2.34. The van der Waals surface area contributed by atoms with Crippen LogP contribution in [0, 0.1) is 5.92 Å². The van der Waals surface area contributed by atoms with Crippen molar-refractivity contribution in [1.29, 1.82) is 0 Å². The first-order chi connectivity index (χ1) is 16.5. The van der Waals surface area contributed by atoms with Gasteiger partial charge in [-0.05, 0) is 49.1 Å². The van der Waals surface area contributed by atoms with Gasteiger partial charge in [-0.1, -0.05) is 23.7 Å². The molecule has 1 fully saturated rings. The number of para-hydroxylation sites is 1. The lowest BCUT2D eigenvalue weighted by Crippen LogP contribution is -2.36. The summed E-state index contributed by atoms with van der Waals surface area (Å²) in [4.78, 5) is 35.3. The summed E-state index contributed by atoms with van der Waals surface area (Å²) in [5.74, 6) is 0.268. The minimum absolute atomic E-state index is 0.235. The number of hydrogen-bond acceptors (Lipinski definition) is 7. The van der Waals surface area contributed by atoms with Crippen LogP contribution in [0.3, 0.4) is 0 Å². The number of piperidine rings is 1. The summed E-state index contributed by atoms with van der Waals surface area (Å²) in [7, 11) is 1.38. The van der Waals surface area contributed by atoms with Crippen LogP contribution in [0.25, 0.3) is 0 Å². The van der Waals surface area contributed by atoms with Crippen LogP contribution in [0.15, 0.2) is 61.1 Å². The average Bonchev–Trinajstić information content (AvgIpc) is 2.89. The predicted octanol–water partition coefficient (Wildman–Crippen LogP) is 4.50. The Morgan fingerprint density at radius 3 is 2.62 bits per heavy atom. The van der Waals surface area contributed by atoms with Crippen LogP contribution in [-0.2, 0) is 4.74 Å². The van der Waals surface area contributed by atoms with Crippen molar-refractivity contribution < 1.29 is 14.3 Å². The van der Waals surface area contributed by atoms with Crippen molar-refractivity contribution in [2.45, 2.75) is 12.8 Å². The van der Waals surface area contributed by atoms with Gasteiger partial charge in [-0.3, -0.25) is 9.78 Å². The van der Waals surface area contributed by atoms with E-state index in [1.807, 2.05) is 24.3 Å². The zero-order valence-electron chi connectivity index (χ0n) is 18.8. The summed E-state index contributed by atoms with van der Waals surface area (Å²) < 4.78 is 4.89. The van der Waals surface area contributed by atoms with Gasteiger partial charge in [0.25, 0.3) is 5.91 Å². The van der Waals surface area contributed by atoms with Gasteiger partial charge in [0.1, 0.15) is 11.4 Å². The molecule has 9 heteroatoms. The van der Waals surface area contributed by atoms with Crippen LogP contribution in [0.1, 0.15) is 33.6 Å². The maximum Gasteiger partial charge on any atom is 0.341 e. The molecule has 1 saturated heterocycles. The molecule has 3 heterocycles. The molecular weight excluding hydrogens is 454 g/mol. The highest BCUT2D eigenvalue weighted by Crippen LogP contribution is 2.27. The Kier molecular flexibility index (Phi) is 7.59. The van der Waals surface area contributed by atoms with Crippen molar-refractivity contribution in [3.8, 4) is 0 Å². The van der Waals surface area contributed by atoms with Crippen LogP contribution in [0.5, 0.6) is 0 Å². The molecule has 3 aromatic rings. The molecule has 2 aromatic heterocycles. The smallest absolute Gasteiger partial charge is 0.341 e. The first-order valence-corrected chi connectivity index (χ1v) is 11.5. The number of nitrogens with zero attached hydrogens (tertiary/aromatic N) is 3. The normalized spacial score (nSPS) is 13.9. The maximum atomic E-state index is 12.8. The van der Waals surface area contributed by atoms with Gasteiger partial charge in [-0.2, -0.15) is 0 Å². The molecule has 176 valence electrons. The lowest BCUT2D eigenvalue weighted by molar-refractivity contribution is 0.0600. The average molecular weight is 480 g/mol. The van der Waals surface area contributed by atoms with Crippen molar-refractivity contribution in [1.82, 2.24) is 9.97 Å². The molecule has 0 aliphatic carbocycles. The van der Waals surface area contributed by atoms with Gasteiger partial charge >= 0.3 is 5.97 Å². The highest BCUT2D eigenvalue weighted by atomic mass is 35.5. The molecule has 1 aliphatic heterocycles. The number of aromatic nitrogens is 2. The monoisotopic (exact) mass is 479 g/mol. The van der Waals surface area contributed by atoms with Gasteiger partial charge in [0.15, 0.2) is 0 Å². The topological polar surface area (TPSA) is 96.5 Å². The van der Waals surface area contributed by atoms with E-state index in [2.05, 4.69) is 25.5 Å².